The highest BCUT2D eigenvalue weighted by Crippen LogP contribution is 2.23. The molecule has 10 heteroatoms. The van der Waals surface area contributed by atoms with Crippen LogP contribution in [0.25, 0.3) is 0 Å². The summed E-state index contributed by atoms with van der Waals surface area (Å²) in [5.74, 6) is -0.749. The molecule has 2 aromatic rings. The van der Waals surface area contributed by atoms with Gasteiger partial charge in [-0.1, -0.05) is 44.2 Å². The SMILES string of the molecule is COCCN(C(=O)CC(NC(C)=O)c1ccccc1)c1c(N)n(CC(C)C)c(=O)[nH]c1=O. The number of anilines is 2. The Labute approximate surface area is 186 Å². The van der Waals surface area contributed by atoms with Crippen LogP contribution >= 0.6 is 0 Å². The topological polar surface area (TPSA) is 140 Å². The van der Waals surface area contributed by atoms with Crippen molar-refractivity contribution in [3.63, 3.8) is 0 Å². The van der Waals surface area contributed by atoms with Crippen molar-refractivity contribution in [1.29, 1.82) is 0 Å². The van der Waals surface area contributed by atoms with Crippen LogP contribution in [0.3, 0.4) is 0 Å². The van der Waals surface area contributed by atoms with Crippen LogP contribution in [0.2, 0.25) is 0 Å². The summed E-state index contributed by atoms with van der Waals surface area (Å²) >= 11 is 0. The van der Waals surface area contributed by atoms with Crippen LogP contribution in [0.15, 0.2) is 39.9 Å². The van der Waals surface area contributed by atoms with Crippen LogP contribution in [-0.4, -0.2) is 41.6 Å². The van der Waals surface area contributed by atoms with Crippen molar-refractivity contribution in [2.45, 2.75) is 39.8 Å². The third kappa shape index (κ3) is 6.30. The summed E-state index contributed by atoms with van der Waals surface area (Å²) in [4.78, 5) is 53.5. The predicted octanol–water partition coefficient (Wildman–Crippen LogP) is 1.02. The molecule has 4 N–H and O–H groups in total. The molecular weight excluding hydrogens is 414 g/mol. The van der Waals surface area contributed by atoms with Gasteiger partial charge in [0.15, 0.2) is 5.69 Å². The van der Waals surface area contributed by atoms with Gasteiger partial charge in [-0.25, -0.2) is 4.79 Å². The first kappa shape index (κ1) is 24.9. The first-order valence-corrected chi connectivity index (χ1v) is 10.4. The van der Waals surface area contributed by atoms with E-state index in [0.29, 0.717) is 0 Å². The Morgan fingerprint density at radius 1 is 1.22 bits per heavy atom. The Morgan fingerprint density at radius 2 is 1.88 bits per heavy atom. The third-order valence-corrected chi connectivity index (χ3v) is 4.81. The molecule has 2 amide bonds. The van der Waals surface area contributed by atoms with Gasteiger partial charge in [0.25, 0.3) is 5.56 Å². The quantitative estimate of drug-likeness (QED) is 0.499. The third-order valence-electron chi connectivity index (χ3n) is 4.81. The van der Waals surface area contributed by atoms with Gasteiger partial charge >= 0.3 is 5.69 Å². The van der Waals surface area contributed by atoms with Crippen molar-refractivity contribution in [2.75, 3.05) is 30.9 Å². The Bertz CT molecular complexity index is 1040. The van der Waals surface area contributed by atoms with E-state index in [1.54, 1.807) is 12.1 Å². The summed E-state index contributed by atoms with van der Waals surface area (Å²) in [5, 5.41) is 2.78. The van der Waals surface area contributed by atoms with Crippen molar-refractivity contribution in [1.82, 2.24) is 14.9 Å². The van der Waals surface area contributed by atoms with Crippen molar-refractivity contribution in [3.05, 3.63) is 56.7 Å². The van der Waals surface area contributed by atoms with Gasteiger partial charge in [-0.3, -0.25) is 23.9 Å². The number of carbonyl (C=O) groups excluding carboxylic acids is 2. The van der Waals surface area contributed by atoms with Gasteiger partial charge in [0.1, 0.15) is 5.82 Å². The van der Waals surface area contributed by atoms with Crippen LogP contribution in [0.4, 0.5) is 11.5 Å². The number of nitrogens with one attached hydrogen (secondary N) is 2. The Hall–Kier alpha value is -3.40. The van der Waals surface area contributed by atoms with Crippen LogP contribution in [0, 0.1) is 5.92 Å². The minimum absolute atomic E-state index is 0.0457. The van der Waals surface area contributed by atoms with E-state index >= 15 is 0 Å². The number of ether oxygens (including phenoxy) is 1. The molecule has 0 aliphatic carbocycles. The molecule has 0 bridgehead atoms. The zero-order valence-corrected chi connectivity index (χ0v) is 18.9. The van der Waals surface area contributed by atoms with E-state index in [1.165, 1.54) is 23.5 Å². The van der Waals surface area contributed by atoms with E-state index in [-0.39, 0.29) is 49.4 Å². The second-order valence-electron chi connectivity index (χ2n) is 7.90. The molecule has 10 nitrogen and oxygen atoms in total. The van der Waals surface area contributed by atoms with Gasteiger partial charge in [-0.2, -0.15) is 0 Å². The Balaban J connectivity index is 2.49. The number of carbonyl (C=O) groups is 2. The number of nitrogens with zero attached hydrogens (tertiary/aromatic N) is 2. The van der Waals surface area contributed by atoms with Crippen LogP contribution in [0.1, 0.15) is 38.8 Å². The van der Waals surface area contributed by atoms with E-state index < -0.39 is 23.2 Å². The lowest BCUT2D eigenvalue weighted by Gasteiger charge is -2.27. The minimum atomic E-state index is -0.757. The van der Waals surface area contributed by atoms with Crippen molar-refractivity contribution in [2.24, 2.45) is 5.92 Å². The Morgan fingerprint density at radius 3 is 2.44 bits per heavy atom. The predicted molar refractivity (Wildman–Crippen MR) is 122 cm³/mol. The number of nitrogens with two attached hydrogens (primary N) is 1. The fraction of sp³-hybridized carbons (Fsp3) is 0.455. The summed E-state index contributed by atoms with van der Waals surface area (Å²) in [6.45, 7) is 5.64. The van der Waals surface area contributed by atoms with E-state index in [2.05, 4.69) is 10.3 Å². The second kappa shape index (κ2) is 11.3. The first-order valence-electron chi connectivity index (χ1n) is 10.4. The number of nitrogen functional groups attached to an aromatic ring is 1. The molecule has 0 saturated carbocycles. The summed E-state index contributed by atoms with van der Waals surface area (Å²) in [6.07, 6.45) is -0.116. The number of H-pyrrole nitrogens is 1. The molecule has 2 rings (SSSR count). The number of methoxy groups -OCH3 is 1. The molecule has 1 unspecified atom stereocenters. The summed E-state index contributed by atoms with van der Waals surface area (Å²) < 4.78 is 6.36. The summed E-state index contributed by atoms with van der Waals surface area (Å²) in [7, 11) is 1.47. The zero-order chi connectivity index (χ0) is 23.8. The second-order valence-corrected chi connectivity index (χ2v) is 7.90. The average molecular weight is 446 g/mol. The molecule has 174 valence electrons. The molecule has 0 aliphatic rings. The van der Waals surface area contributed by atoms with E-state index in [1.807, 2.05) is 32.0 Å². The maximum Gasteiger partial charge on any atom is 0.330 e. The van der Waals surface area contributed by atoms with Crippen molar-refractivity contribution in [3.8, 4) is 0 Å². The molecule has 1 aromatic carbocycles. The molecule has 0 radical (unpaired) electrons. The molecule has 0 saturated heterocycles. The normalized spacial score (nSPS) is 11.9. The molecule has 0 spiro atoms. The molecule has 0 aliphatic heterocycles. The highest BCUT2D eigenvalue weighted by Gasteiger charge is 2.27. The smallest absolute Gasteiger partial charge is 0.330 e. The van der Waals surface area contributed by atoms with Gasteiger partial charge in [0, 0.05) is 27.1 Å². The molecule has 1 aromatic heterocycles. The van der Waals surface area contributed by atoms with Crippen LogP contribution in [-0.2, 0) is 20.9 Å². The number of amides is 2. The molecule has 32 heavy (non-hydrogen) atoms. The standard InChI is InChI=1S/C22H31N5O5/c1-14(2)13-27-20(23)19(21(30)25-22(27)31)26(10-11-32-4)18(29)12-17(24-15(3)28)16-8-6-5-7-9-16/h5-9,14,17H,10-13,23H2,1-4H3,(H,24,28)(H,25,30,31). The fourth-order valence-electron chi connectivity index (χ4n) is 3.40. The monoisotopic (exact) mass is 445 g/mol. The molecule has 0 fully saturated rings. The number of benzene rings is 1. The maximum absolute atomic E-state index is 13.4. The van der Waals surface area contributed by atoms with Gasteiger partial charge in [0.05, 0.1) is 19.1 Å². The van der Waals surface area contributed by atoms with Crippen LogP contribution in [0.5, 0.6) is 0 Å². The van der Waals surface area contributed by atoms with Crippen molar-refractivity contribution < 1.29 is 14.3 Å². The Kier molecular flexibility index (Phi) is 8.77. The molecular formula is C22H31N5O5. The van der Waals surface area contributed by atoms with Gasteiger partial charge in [-0.05, 0) is 11.5 Å². The number of hydrogen-bond donors (Lipinski definition) is 3. The van der Waals surface area contributed by atoms with Crippen molar-refractivity contribution >= 4 is 23.3 Å². The number of hydrogen-bond acceptors (Lipinski definition) is 6. The van der Waals surface area contributed by atoms with Gasteiger partial charge in [-0.15, -0.1) is 0 Å². The number of rotatable bonds is 10. The highest BCUT2D eigenvalue weighted by molar-refractivity contribution is 5.96. The summed E-state index contributed by atoms with van der Waals surface area (Å²) in [5.41, 5.74) is 5.45. The zero-order valence-electron chi connectivity index (χ0n) is 18.9. The first-order chi connectivity index (χ1) is 15.1. The lowest BCUT2D eigenvalue weighted by atomic mass is 10.0. The van der Waals surface area contributed by atoms with E-state index in [4.69, 9.17) is 10.5 Å². The maximum atomic E-state index is 13.4. The van der Waals surface area contributed by atoms with Crippen LogP contribution < -0.4 is 27.2 Å². The fourth-order valence-corrected chi connectivity index (χ4v) is 3.40. The average Bonchev–Trinajstić information content (AvgIpc) is 2.73. The van der Waals surface area contributed by atoms with E-state index in [9.17, 15) is 19.2 Å². The lowest BCUT2D eigenvalue weighted by molar-refractivity contribution is -0.121. The van der Waals surface area contributed by atoms with Gasteiger partial charge in [0.2, 0.25) is 11.8 Å². The summed E-state index contributed by atoms with van der Waals surface area (Å²) in [6, 6.07) is 8.45. The molecule has 1 heterocycles. The lowest BCUT2D eigenvalue weighted by Crippen LogP contribution is -2.44. The minimum Gasteiger partial charge on any atom is -0.383 e. The number of aromatic amines is 1. The van der Waals surface area contributed by atoms with E-state index in [0.717, 1.165) is 5.56 Å². The highest BCUT2D eigenvalue weighted by atomic mass is 16.5. The largest absolute Gasteiger partial charge is 0.383 e. The van der Waals surface area contributed by atoms with Gasteiger partial charge < -0.3 is 20.7 Å². The number of aromatic nitrogens is 2. The molecule has 1 atom stereocenters.